The van der Waals surface area contributed by atoms with E-state index in [4.69, 9.17) is 5.11 Å². The number of benzene rings is 2. The molecule has 0 aliphatic carbocycles. The fraction of sp³-hybridized carbons (Fsp3) is 0.188. The Morgan fingerprint density at radius 2 is 1.95 bits per heavy atom. The number of hydrogen-bond acceptors (Lipinski definition) is 2. The predicted octanol–water partition coefficient (Wildman–Crippen LogP) is 3.74. The molecule has 0 aliphatic rings. The Labute approximate surface area is 117 Å². The Morgan fingerprint density at radius 3 is 2.60 bits per heavy atom. The topological polar surface area (TPSA) is 49.3 Å². The third kappa shape index (κ3) is 3.35. The van der Waals surface area contributed by atoms with Crippen molar-refractivity contribution in [1.82, 2.24) is 0 Å². The first-order valence-corrected chi connectivity index (χ1v) is 6.39. The van der Waals surface area contributed by atoms with Gasteiger partial charge in [-0.2, -0.15) is 0 Å². The molecule has 0 aromatic heterocycles. The molecule has 0 saturated heterocycles. The molecule has 2 aromatic rings. The van der Waals surface area contributed by atoms with E-state index in [0.29, 0.717) is 6.54 Å². The minimum atomic E-state index is -1.07. The van der Waals surface area contributed by atoms with E-state index in [0.717, 1.165) is 5.56 Å². The van der Waals surface area contributed by atoms with Crippen LogP contribution in [0.2, 0.25) is 0 Å². The van der Waals surface area contributed by atoms with Crippen molar-refractivity contribution < 1.29 is 14.3 Å². The molecule has 20 heavy (non-hydrogen) atoms. The van der Waals surface area contributed by atoms with Crippen LogP contribution in [0.15, 0.2) is 48.5 Å². The highest BCUT2D eigenvalue weighted by molar-refractivity contribution is 5.88. The molecule has 1 unspecified atom stereocenters. The summed E-state index contributed by atoms with van der Waals surface area (Å²) in [7, 11) is 0. The van der Waals surface area contributed by atoms with Crippen LogP contribution in [0.1, 0.15) is 28.8 Å². The molecule has 0 amide bonds. The van der Waals surface area contributed by atoms with Gasteiger partial charge in [-0.05, 0) is 29.7 Å². The summed E-state index contributed by atoms with van der Waals surface area (Å²) in [6, 6.07) is 13.6. The summed E-state index contributed by atoms with van der Waals surface area (Å²) in [4.78, 5) is 10.9. The second-order valence-corrected chi connectivity index (χ2v) is 4.69. The fourth-order valence-corrected chi connectivity index (χ4v) is 1.96. The van der Waals surface area contributed by atoms with E-state index in [1.807, 2.05) is 37.3 Å². The van der Waals surface area contributed by atoms with Gasteiger partial charge < -0.3 is 10.4 Å². The molecule has 4 heteroatoms. The minimum absolute atomic E-state index is 0.0706. The van der Waals surface area contributed by atoms with Crippen molar-refractivity contribution in [2.24, 2.45) is 0 Å². The SMILES string of the molecule is CC(CNc1cc(C(=O)O)ccc1F)c1ccccc1. The van der Waals surface area contributed by atoms with Gasteiger partial charge >= 0.3 is 5.97 Å². The lowest BCUT2D eigenvalue weighted by Crippen LogP contribution is -2.11. The Bertz CT molecular complexity index is 599. The van der Waals surface area contributed by atoms with Crippen LogP contribution in [0.5, 0.6) is 0 Å². The normalized spacial score (nSPS) is 11.9. The van der Waals surface area contributed by atoms with E-state index in [1.54, 1.807) is 0 Å². The highest BCUT2D eigenvalue weighted by Gasteiger charge is 2.10. The third-order valence-electron chi connectivity index (χ3n) is 3.18. The van der Waals surface area contributed by atoms with Crippen molar-refractivity contribution in [3.63, 3.8) is 0 Å². The zero-order valence-corrected chi connectivity index (χ0v) is 11.1. The summed E-state index contributed by atoms with van der Waals surface area (Å²) >= 11 is 0. The predicted molar refractivity (Wildman–Crippen MR) is 76.7 cm³/mol. The van der Waals surface area contributed by atoms with Crippen molar-refractivity contribution in [2.75, 3.05) is 11.9 Å². The maximum atomic E-state index is 13.6. The lowest BCUT2D eigenvalue weighted by molar-refractivity contribution is 0.0697. The molecule has 0 radical (unpaired) electrons. The van der Waals surface area contributed by atoms with E-state index < -0.39 is 11.8 Å². The minimum Gasteiger partial charge on any atom is -0.478 e. The number of rotatable bonds is 5. The first kappa shape index (κ1) is 14.1. The van der Waals surface area contributed by atoms with E-state index in [9.17, 15) is 9.18 Å². The van der Waals surface area contributed by atoms with E-state index in [-0.39, 0.29) is 17.2 Å². The maximum absolute atomic E-state index is 13.6. The average molecular weight is 273 g/mol. The van der Waals surface area contributed by atoms with E-state index >= 15 is 0 Å². The van der Waals surface area contributed by atoms with Crippen LogP contribution in [0.3, 0.4) is 0 Å². The molecule has 1 atom stereocenters. The van der Waals surface area contributed by atoms with Crippen molar-refractivity contribution in [3.05, 3.63) is 65.5 Å². The van der Waals surface area contributed by atoms with Gasteiger partial charge in [0.25, 0.3) is 0 Å². The van der Waals surface area contributed by atoms with Gasteiger partial charge in [0.15, 0.2) is 0 Å². The van der Waals surface area contributed by atoms with Gasteiger partial charge in [0.05, 0.1) is 11.3 Å². The summed E-state index contributed by atoms with van der Waals surface area (Å²) in [6.45, 7) is 2.56. The second-order valence-electron chi connectivity index (χ2n) is 4.69. The molecule has 0 spiro atoms. The van der Waals surface area contributed by atoms with E-state index in [2.05, 4.69) is 5.32 Å². The largest absolute Gasteiger partial charge is 0.478 e. The van der Waals surface area contributed by atoms with Gasteiger partial charge in [0.2, 0.25) is 0 Å². The average Bonchev–Trinajstić information content (AvgIpc) is 2.46. The lowest BCUT2D eigenvalue weighted by Gasteiger charge is -2.14. The number of carbonyl (C=O) groups is 1. The van der Waals surface area contributed by atoms with Crippen molar-refractivity contribution in [2.45, 2.75) is 12.8 Å². The number of halogens is 1. The summed E-state index contributed by atoms with van der Waals surface area (Å²) < 4.78 is 13.6. The highest BCUT2D eigenvalue weighted by atomic mass is 19.1. The van der Waals surface area contributed by atoms with Crippen LogP contribution in [-0.2, 0) is 0 Å². The first-order valence-electron chi connectivity index (χ1n) is 6.39. The second kappa shape index (κ2) is 6.19. The number of carboxylic acid groups (broad SMARTS) is 1. The standard InChI is InChI=1S/C16H16FNO2/c1-11(12-5-3-2-4-6-12)10-18-15-9-13(16(19)20)7-8-14(15)17/h2-9,11,18H,10H2,1H3,(H,19,20). The Kier molecular flexibility index (Phi) is 4.35. The Hall–Kier alpha value is -2.36. The van der Waals surface area contributed by atoms with Crippen LogP contribution in [0, 0.1) is 5.82 Å². The van der Waals surface area contributed by atoms with Crippen molar-refractivity contribution in [1.29, 1.82) is 0 Å². The number of aromatic carboxylic acids is 1. The number of carboxylic acids is 1. The molecule has 0 aliphatic heterocycles. The molecule has 104 valence electrons. The molecule has 0 fully saturated rings. The molecule has 2 rings (SSSR count). The van der Waals surface area contributed by atoms with Crippen LogP contribution >= 0.6 is 0 Å². The lowest BCUT2D eigenvalue weighted by atomic mass is 10.0. The zero-order chi connectivity index (χ0) is 14.5. The molecule has 0 saturated carbocycles. The third-order valence-corrected chi connectivity index (χ3v) is 3.18. The Balaban J connectivity index is 2.07. The smallest absolute Gasteiger partial charge is 0.335 e. The van der Waals surface area contributed by atoms with E-state index in [1.165, 1.54) is 18.2 Å². The summed E-state index contributed by atoms with van der Waals surface area (Å²) in [5.74, 6) is -1.32. The number of nitrogens with one attached hydrogen (secondary N) is 1. The van der Waals surface area contributed by atoms with Gasteiger partial charge in [0.1, 0.15) is 5.82 Å². The number of hydrogen-bond donors (Lipinski definition) is 2. The molecule has 2 N–H and O–H groups in total. The monoisotopic (exact) mass is 273 g/mol. The maximum Gasteiger partial charge on any atom is 0.335 e. The van der Waals surface area contributed by atoms with Gasteiger partial charge in [-0.25, -0.2) is 9.18 Å². The van der Waals surface area contributed by atoms with Crippen LogP contribution in [0.25, 0.3) is 0 Å². The molecular formula is C16H16FNO2. The molecular weight excluding hydrogens is 257 g/mol. The van der Waals surface area contributed by atoms with Crippen molar-refractivity contribution >= 4 is 11.7 Å². The molecule has 2 aromatic carbocycles. The quantitative estimate of drug-likeness (QED) is 0.872. The van der Waals surface area contributed by atoms with Gasteiger partial charge in [0, 0.05) is 6.54 Å². The fourth-order valence-electron chi connectivity index (χ4n) is 1.96. The zero-order valence-electron chi connectivity index (χ0n) is 11.1. The number of anilines is 1. The Morgan fingerprint density at radius 1 is 1.25 bits per heavy atom. The van der Waals surface area contributed by atoms with Gasteiger partial charge in [-0.3, -0.25) is 0 Å². The molecule has 0 heterocycles. The summed E-state index contributed by atoms with van der Waals surface area (Å²) in [5.41, 5.74) is 1.43. The summed E-state index contributed by atoms with van der Waals surface area (Å²) in [5, 5.41) is 11.9. The van der Waals surface area contributed by atoms with Crippen LogP contribution in [0.4, 0.5) is 10.1 Å². The first-order chi connectivity index (χ1) is 9.58. The van der Waals surface area contributed by atoms with Crippen molar-refractivity contribution in [3.8, 4) is 0 Å². The van der Waals surface area contributed by atoms with Gasteiger partial charge in [-0.15, -0.1) is 0 Å². The van der Waals surface area contributed by atoms with Gasteiger partial charge in [-0.1, -0.05) is 37.3 Å². The highest BCUT2D eigenvalue weighted by Crippen LogP contribution is 2.19. The molecule has 0 bridgehead atoms. The van der Waals surface area contributed by atoms with Crippen LogP contribution < -0.4 is 5.32 Å². The molecule has 3 nitrogen and oxygen atoms in total. The summed E-state index contributed by atoms with van der Waals surface area (Å²) in [6.07, 6.45) is 0. The van der Waals surface area contributed by atoms with Crippen LogP contribution in [-0.4, -0.2) is 17.6 Å².